The number of anilines is 1. The van der Waals surface area contributed by atoms with Crippen LogP contribution in [-0.2, 0) is 0 Å². The normalized spacial score (nSPS) is 11.5. The van der Waals surface area contributed by atoms with Crippen LogP contribution < -0.4 is 5.32 Å². The van der Waals surface area contributed by atoms with E-state index < -0.39 is 5.97 Å². The van der Waals surface area contributed by atoms with Gasteiger partial charge in [-0.2, -0.15) is 0 Å². The van der Waals surface area contributed by atoms with E-state index in [1.165, 1.54) is 0 Å². The van der Waals surface area contributed by atoms with Crippen LogP contribution in [0.2, 0.25) is 0 Å². The molecular formula is C20H18N2O2. The molecule has 1 aromatic heterocycles. The van der Waals surface area contributed by atoms with Crippen molar-refractivity contribution in [3.05, 3.63) is 77.5 Å². The zero-order valence-electron chi connectivity index (χ0n) is 13.4. The Morgan fingerprint density at radius 1 is 1.12 bits per heavy atom. The number of benzene rings is 2. The third-order valence-corrected chi connectivity index (χ3v) is 3.76. The minimum absolute atomic E-state index is 0.296. The molecule has 0 aliphatic carbocycles. The fraction of sp³-hybridized carbons (Fsp3) is 0.100. The Hall–Kier alpha value is -3.14. The van der Waals surface area contributed by atoms with Crippen LogP contribution in [-0.4, -0.2) is 22.6 Å². The second kappa shape index (κ2) is 6.96. The topological polar surface area (TPSA) is 62.2 Å². The summed E-state index contributed by atoms with van der Waals surface area (Å²) in [5, 5.41) is 13.4. The van der Waals surface area contributed by atoms with E-state index in [1.807, 2.05) is 55.5 Å². The van der Waals surface area contributed by atoms with Crippen molar-refractivity contribution in [2.45, 2.75) is 6.92 Å². The van der Waals surface area contributed by atoms with Crippen LogP contribution in [0.15, 0.2) is 66.4 Å². The minimum Gasteiger partial charge on any atom is -0.478 e. The zero-order valence-corrected chi connectivity index (χ0v) is 13.4. The second-order valence-electron chi connectivity index (χ2n) is 5.65. The number of fused-ring (bicyclic) bond motifs is 1. The zero-order chi connectivity index (χ0) is 16.9. The molecule has 4 heteroatoms. The van der Waals surface area contributed by atoms with Gasteiger partial charge in [-0.3, -0.25) is 4.98 Å². The van der Waals surface area contributed by atoms with Crippen molar-refractivity contribution in [3.8, 4) is 0 Å². The van der Waals surface area contributed by atoms with Crippen molar-refractivity contribution in [1.29, 1.82) is 0 Å². The van der Waals surface area contributed by atoms with Gasteiger partial charge in [0.15, 0.2) is 0 Å². The highest BCUT2D eigenvalue weighted by Gasteiger charge is 2.02. The molecule has 2 aromatic carbocycles. The first-order valence-corrected chi connectivity index (χ1v) is 7.71. The maximum absolute atomic E-state index is 10.9. The molecule has 0 saturated carbocycles. The van der Waals surface area contributed by atoms with E-state index in [9.17, 15) is 4.79 Å². The van der Waals surface area contributed by atoms with Crippen LogP contribution in [0, 0.1) is 0 Å². The molecule has 0 fully saturated rings. The van der Waals surface area contributed by atoms with Gasteiger partial charge >= 0.3 is 5.97 Å². The van der Waals surface area contributed by atoms with Crippen molar-refractivity contribution in [2.24, 2.45) is 0 Å². The summed E-state index contributed by atoms with van der Waals surface area (Å²) in [5.41, 5.74) is 4.38. The van der Waals surface area contributed by atoms with Gasteiger partial charge in [0.1, 0.15) is 0 Å². The summed E-state index contributed by atoms with van der Waals surface area (Å²) in [6, 6.07) is 16.9. The summed E-state index contributed by atoms with van der Waals surface area (Å²) in [5.74, 6) is -0.910. The van der Waals surface area contributed by atoms with Crippen molar-refractivity contribution in [3.63, 3.8) is 0 Å². The van der Waals surface area contributed by atoms with Gasteiger partial charge in [0.25, 0.3) is 0 Å². The molecule has 0 spiro atoms. The van der Waals surface area contributed by atoms with Gasteiger partial charge in [-0.15, -0.1) is 0 Å². The molecule has 3 rings (SSSR count). The number of pyridine rings is 1. The Labute approximate surface area is 140 Å². The van der Waals surface area contributed by atoms with Crippen LogP contribution in [0.4, 0.5) is 5.69 Å². The first kappa shape index (κ1) is 15.7. The summed E-state index contributed by atoms with van der Waals surface area (Å²) in [6.07, 6.45) is 3.83. The quantitative estimate of drug-likeness (QED) is 0.729. The second-order valence-corrected chi connectivity index (χ2v) is 5.65. The average Bonchev–Trinajstić information content (AvgIpc) is 2.60. The van der Waals surface area contributed by atoms with Gasteiger partial charge in [-0.25, -0.2) is 4.79 Å². The fourth-order valence-electron chi connectivity index (χ4n) is 2.54. The van der Waals surface area contributed by atoms with Crippen LogP contribution >= 0.6 is 0 Å². The highest BCUT2D eigenvalue weighted by molar-refractivity contribution is 5.90. The molecular weight excluding hydrogens is 300 g/mol. The van der Waals surface area contributed by atoms with Crippen LogP contribution in [0.1, 0.15) is 22.8 Å². The SMILES string of the molecule is CC(=Cc1ccc(C(=O)O)cc1)CNc1cccc2cccnc12. The van der Waals surface area contributed by atoms with Gasteiger partial charge in [0, 0.05) is 18.1 Å². The Balaban J connectivity index is 1.72. The first-order valence-electron chi connectivity index (χ1n) is 7.71. The largest absolute Gasteiger partial charge is 0.478 e. The van der Waals surface area contributed by atoms with Crippen molar-refractivity contribution < 1.29 is 9.90 Å². The molecule has 0 aliphatic heterocycles. The third-order valence-electron chi connectivity index (χ3n) is 3.76. The van der Waals surface area contributed by atoms with Crippen molar-refractivity contribution in [2.75, 3.05) is 11.9 Å². The van der Waals surface area contributed by atoms with E-state index in [4.69, 9.17) is 5.11 Å². The van der Waals surface area contributed by atoms with Crippen molar-refractivity contribution in [1.82, 2.24) is 4.98 Å². The number of nitrogens with one attached hydrogen (secondary N) is 1. The predicted molar refractivity (Wildman–Crippen MR) is 97.3 cm³/mol. The summed E-state index contributed by atoms with van der Waals surface area (Å²) >= 11 is 0. The lowest BCUT2D eigenvalue weighted by Gasteiger charge is -2.09. The number of carboxylic acid groups (broad SMARTS) is 1. The van der Waals surface area contributed by atoms with E-state index in [1.54, 1.807) is 18.3 Å². The fourth-order valence-corrected chi connectivity index (χ4v) is 2.54. The third kappa shape index (κ3) is 3.60. The molecule has 0 amide bonds. The molecule has 1 heterocycles. The number of hydrogen-bond acceptors (Lipinski definition) is 3. The number of carbonyl (C=O) groups is 1. The monoisotopic (exact) mass is 318 g/mol. The molecule has 0 unspecified atom stereocenters. The molecule has 0 radical (unpaired) electrons. The van der Waals surface area contributed by atoms with Crippen LogP contribution in [0.3, 0.4) is 0 Å². The Morgan fingerprint density at radius 2 is 1.88 bits per heavy atom. The number of hydrogen-bond donors (Lipinski definition) is 2. The molecule has 4 nitrogen and oxygen atoms in total. The molecule has 0 saturated heterocycles. The Bertz CT molecular complexity index is 894. The number of para-hydroxylation sites is 1. The molecule has 2 N–H and O–H groups in total. The van der Waals surface area contributed by atoms with Crippen LogP contribution in [0.5, 0.6) is 0 Å². The molecule has 0 aliphatic rings. The maximum atomic E-state index is 10.9. The molecule has 0 atom stereocenters. The molecule has 120 valence electrons. The van der Waals surface area contributed by atoms with Gasteiger partial charge in [-0.05, 0) is 36.8 Å². The van der Waals surface area contributed by atoms with Gasteiger partial charge in [0.2, 0.25) is 0 Å². The number of nitrogens with zero attached hydrogens (tertiary/aromatic N) is 1. The lowest BCUT2D eigenvalue weighted by atomic mass is 10.1. The number of rotatable bonds is 5. The number of carboxylic acids is 1. The minimum atomic E-state index is -0.910. The van der Waals surface area contributed by atoms with E-state index in [2.05, 4.69) is 10.3 Å². The number of aromatic nitrogens is 1. The predicted octanol–water partition coefficient (Wildman–Crippen LogP) is 4.45. The average molecular weight is 318 g/mol. The highest BCUT2D eigenvalue weighted by Crippen LogP contribution is 2.21. The summed E-state index contributed by atoms with van der Waals surface area (Å²) in [7, 11) is 0. The van der Waals surface area contributed by atoms with Crippen LogP contribution in [0.25, 0.3) is 17.0 Å². The lowest BCUT2D eigenvalue weighted by molar-refractivity contribution is 0.0697. The molecule has 24 heavy (non-hydrogen) atoms. The van der Waals surface area contributed by atoms with Gasteiger partial charge in [-0.1, -0.05) is 42.0 Å². The maximum Gasteiger partial charge on any atom is 0.335 e. The first-order chi connectivity index (χ1) is 11.6. The van der Waals surface area contributed by atoms with E-state index in [0.29, 0.717) is 12.1 Å². The molecule has 0 bridgehead atoms. The smallest absolute Gasteiger partial charge is 0.335 e. The standard InChI is InChI=1S/C20H18N2O2/c1-14(12-15-7-9-17(10-8-15)20(23)24)13-22-18-6-2-4-16-5-3-11-21-19(16)18/h2-12,22H,13H2,1H3,(H,23,24). The van der Waals surface area contributed by atoms with Gasteiger partial charge in [0.05, 0.1) is 16.8 Å². The number of aromatic carboxylic acids is 1. The van der Waals surface area contributed by atoms with E-state index >= 15 is 0 Å². The van der Waals surface area contributed by atoms with E-state index in [-0.39, 0.29) is 0 Å². The summed E-state index contributed by atoms with van der Waals surface area (Å²) in [4.78, 5) is 15.3. The Kier molecular flexibility index (Phi) is 4.57. The lowest BCUT2D eigenvalue weighted by Crippen LogP contribution is -2.03. The highest BCUT2D eigenvalue weighted by atomic mass is 16.4. The molecule has 3 aromatic rings. The van der Waals surface area contributed by atoms with Gasteiger partial charge < -0.3 is 10.4 Å². The van der Waals surface area contributed by atoms with E-state index in [0.717, 1.165) is 27.7 Å². The Morgan fingerprint density at radius 3 is 2.62 bits per heavy atom. The van der Waals surface area contributed by atoms with Crippen molar-refractivity contribution >= 4 is 28.6 Å². The summed E-state index contributed by atoms with van der Waals surface area (Å²) in [6.45, 7) is 2.73. The summed E-state index contributed by atoms with van der Waals surface area (Å²) < 4.78 is 0.